The minimum Gasteiger partial charge on any atom is -0.497 e. The molecule has 4 atom stereocenters. The van der Waals surface area contributed by atoms with Crippen LogP contribution in [0.25, 0.3) is 0 Å². The average Bonchev–Trinajstić information content (AvgIpc) is 1.66. The number of rotatable bonds is 13. The van der Waals surface area contributed by atoms with E-state index in [-0.39, 0.29) is 76.4 Å². The number of hydrogen-bond acceptors (Lipinski definition) is 17. The number of methoxy groups -OCH3 is 1. The van der Waals surface area contributed by atoms with Gasteiger partial charge >= 0.3 is 0 Å². The predicted octanol–water partition coefficient (Wildman–Crippen LogP) is 10.6. The van der Waals surface area contributed by atoms with Gasteiger partial charge in [0.1, 0.15) is 22.8 Å². The Kier molecular flexibility index (Phi) is 24.0. The van der Waals surface area contributed by atoms with Gasteiger partial charge in [0.15, 0.2) is 47.5 Å². The van der Waals surface area contributed by atoms with Gasteiger partial charge in [-0.15, -0.1) is 20.4 Å². The number of halogens is 7. The average molecular weight is 1520 g/mol. The van der Waals surface area contributed by atoms with Crippen molar-refractivity contribution in [2.24, 2.45) is 20.4 Å². The SMILES string of the molecule is C=C(C)C(=O)NC1=NN(c2c(C)cc(C)cc2Cl)C(=O)C1n1cccn1.C=CC(=O)NC1=NN(c2c(Cl)cc(C)cc2Cl)C(=O)C1n1cccn1.C=CC(=O)NC1=NN(c2c(Cl)cc(C)cc2Cl)C(=O)C1n1cccn1.C=CC(=O)NC1=NN(c2c(Cl)cc(OC)cc2Cl)C(=O)C1n1cccn1. The second-order valence-electron chi connectivity index (χ2n) is 21.9. The molecule has 0 fully saturated rings. The first-order valence-corrected chi connectivity index (χ1v) is 32.4. The fraction of sp³-hybridized carbons (Fsp3) is 0.152. The zero-order chi connectivity index (χ0) is 74.1. The first-order valence-electron chi connectivity index (χ1n) is 29.7. The van der Waals surface area contributed by atoms with Gasteiger partial charge in [-0.3, -0.25) is 57.1 Å². The van der Waals surface area contributed by atoms with Crippen molar-refractivity contribution in [3.8, 4) is 5.75 Å². The fourth-order valence-electron chi connectivity index (χ4n) is 10.1. The number of nitrogens with zero attached hydrogens (tertiary/aromatic N) is 16. The van der Waals surface area contributed by atoms with E-state index in [1.54, 1.807) is 92.5 Å². The van der Waals surface area contributed by atoms with Gasteiger partial charge in [-0.2, -0.15) is 40.4 Å². The van der Waals surface area contributed by atoms with Crippen molar-refractivity contribution < 1.29 is 43.1 Å². The Hall–Kier alpha value is -11.1. The first kappa shape index (κ1) is 75.2. The number of hydrogen-bond donors (Lipinski definition) is 4. The van der Waals surface area contributed by atoms with Crippen molar-refractivity contribution >= 4 is 175 Å². The van der Waals surface area contributed by atoms with Gasteiger partial charge in [0.2, 0.25) is 17.7 Å². The Bertz CT molecular complexity index is 4580. The molecular weight excluding hydrogens is 1470 g/mol. The van der Waals surface area contributed by atoms with E-state index in [0.29, 0.717) is 22.0 Å². The quantitative estimate of drug-likeness (QED) is 0.0781. The highest BCUT2D eigenvalue weighted by atomic mass is 35.5. The van der Waals surface area contributed by atoms with Crippen molar-refractivity contribution in [2.75, 3.05) is 27.1 Å². The zero-order valence-corrected chi connectivity index (χ0v) is 59.7. The summed E-state index contributed by atoms with van der Waals surface area (Å²) in [6, 6.07) is 16.3. The van der Waals surface area contributed by atoms with Crippen LogP contribution in [-0.2, 0) is 38.4 Å². The number of amidine groups is 4. The van der Waals surface area contributed by atoms with Crippen LogP contribution in [0.5, 0.6) is 5.75 Å². The summed E-state index contributed by atoms with van der Waals surface area (Å²) in [4.78, 5) is 99.1. The number of ether oxygens (including phenoxy) is 1. The van der Waals surface area contributed by atoms with Crippen LogP contribution >= 0.6 is 81.2 Å². The molecule has 8 heterocycles. The van der Waals surface area contributed by atoms with Gasteiger partial charge < -0.3 is 26.0 Å². The second-order valence-corrected chi connectivity index (χ2v) is 24.8. The Morgan fingerprint density at radius 1 is 0.422 bits per heavy atom. The molecule has 8 amide bonds. The van der Waals surface area contributed by atoms with E-state index in [2.05, 4.69) is 88.4 Å². The van der Waals surface area contributed by atoms with E-state index >= 15 is 0 Å². The zero-order valence-electron chi connectivity index (χ0n) is 54.4. The van der Waals surface area contributed by atoms with Crippen molar-refractivity contribution in [1.82, 2.24) is 60.4 Å². The summed E-state index contributed by atoms with van der Waals surface area (Å²) in [6.45, 7) is 22.8. The van der Waals surface area contributed by atoms with Crippen LogP contribution in [0.15, 0.2) is 193 Å². The molecule has 102 heavy (non-hydrogen) atoms. The number of hydrazone groups is 4. The van der Waals surface area contributed by atoms with Crippen molar-refractivity contribution in [3.05, 3.63) is 230 Å². The summed E-state index contributed by atoms with van der Waals surface area (Å²) in [5.41, 5.74) is 4.94. The highest BCUT2D eigenvalue weighted by Gasteiger charge is 2.45. The Morgan fingerprint density at radius 2 is 0.676 bits per heavy atom. The first-order chi connectivity index (χ1) is 48.6. The molecule has 0 saturated carbocycles. The number of anilines is 4. The molecule has 8 aromatic rings. The lowest BCUT2D eigenvalue weighted by Gasteiger charge is -2.18. The summed E-state index contributed by atoms with van der Waals surface area (Å²) >= 11 is 43.9. The van der Waals surface area contributed by atoms with Gasteiger partial charge in [0.05, 0.1) is 48.0 Å². The molecular formula is C66H57Cl7N20O9. The number of carbonyl (C=O) groups excluding carboxylic acids is 8. The van der Waals surface area contributed by atoms with Crippen molar-refractivity contribution in [3.63, 3.8) is 0 Å². The number of nitrogens with one attached hydrogen (secondary N) is 4. The predicted molar refractivity (Wildman–Crippen MR) is 389 cm³/mol. The van der Waals surface area contributed by atoms with Crippen LogP contribution in [0.4, 0.5) is 22.7 Å². The lowest BCUT2D eigenvalue weighted by atomic mass is 10.1. The second kappa shape index (κ2) is 32.5. The molecule has 0 spiro atoms. The largest absolute Gasteiger partial charge is 0.497 e. The Morgan fingerprint density at radius 3 is 0.922 bits per heavy atom. The summed E-state index contributed by atoms with van der Waals surface area (Å²) in [5.74, 6) is -2.77. The normalized spacial score (nSPS) is 16.6. The molecule has 4 unspecified atom stereocenters. The molecule has 0 saturated heterocycles. The minimum atomic E-state index is -0.969. The smallest absolute Gasteiger partial charge is 0.280 e. The summed E-state index contributed by atoms with van der Waals surface area (Å²) in [6.07, 6.45) is 15.8. The highest BCUT2D eigenvalue weighted by molar-refractivity contribution is 6.43. The van der Waals surface area contributed by atoms with Crippen LogP contribution in [0.2, 0.25) is 35.2 Å². The van der Waals surface area contributed by atoms with E-state index in [9.17, 15) is 38.4 Å². The van der Waals surface area contributed by atoms with Crippen LogP contribution in [0.3, 0.4) is 0 Å². The molecule has 0 bridgehead atoms. The third-order valence-corrected chi connectivity index (χ3v) is 16.5. The molecule has 4 aromatic heterocycles. The van der Waals surface area contributed by atoms with Crippen molar-refractivity contribution in [1.29, 1.82) is 0 Å². The van der Waals surface area contributed by atoms with E-state index in [1.165, 1.54) is 61.6 Å². The maximum atomic E-state index is 13.1. The summed E-state index contributed by atoms with van der Waals surface area (Å²) < 4.78 is 10.7. The maximum absolute atomic E-state index is 13.1. The van der Waals surface area contributed by atoms with E-state index in [1.807, 2.05) is 33.8 Å². The molecule has 0 radical (unpaired) electrons. The van der Waals surface area contributed by atoms with Crippen LogP contribution < -0.4 is 46.0 Å². The highest BCUT2D eigenvalue weighted by Crippen LogP contribution is 2.43. The molecule has 4 aliphatic heterocycles. The molecule has 12 rings (SSSR count). The van der Waals surface area contributed by atoms with Crippen molar-refractivity contribution in [2.45, 2.75) is 58.8 Å². The van der Waals surface area contributed by atoms with Crippen LogP contribution in [-0.4, -0.2) is 117 Å². The molecule has 0 aliphatic carbocycles. The molecule has 524 valence electrons. The van der Waals surface area contributed by atoms with Gasteiger partial charge in [-0.05, 0) is 130 Å². The fourth-order valence-corrected chi connectivity index (χ4v) is 12.6. The molecule has 29 nitrogen and oxygen atoms in total. The molecule has 36 heteroatoms. The lowest BCUT2D eigenvalue weighted by molar-refractivity contribution is -0.120. The third-order valence-electron chi connectivity index (χ3n) is 14.5. The molecule has 4 N–H and O–H groups in total. The van der Waals surface area contributed by atoms with E-state index in [0.717, 1.165) is 55.5 Å². The standard InChI is InChI=1S/C18H18ClN5O2.C16H13Cl2N5O3.2C16H13Cl2N5O2/c1-10(2)17(25)21-16-15(23-7-5-6-20-23)18(26)24(22-16)14-12(4)8-11(3)9-13(14)19;1-3-12(24)20-15-14(22-6-4-5-19-22)16(25)23(21-15)13-10(17)7-9(26-2)8-11(13)18;2*1-3-12(24)20-15-14(22-6-4-5-19-22)16(25)23(21-15)13-10(17)7-9(2)8-11(13)18/h5-9,15H,1H2,2-4H3,(H,21,22,25);3-8,14H,1H2,2H3,(H,20,21,24);2*3-8,14H,1H2,2H3,(H,20,21,24). The van der Waals surface area contributed by atoms with Gasteiger partial charge in [-0.1, -0.05) is 114 Å². The number of carbonyl (C=O) groups is 8. The maximum Gasteiger partial charge on any atom is 0.280 e. The monoisotopic (exact) mass is 1520 g/mol. The van der Waals surface area contributed by atoms with Gasteiger partial charge in [0, 0.05) is 67.3 Å². The van der Waals surface area contributed by atoms with E-state index < -0.39 is 65.5 Å². The van der Waals surface area contributed by atoms with Gasteiger partial charge in [-0.25, -0.2) is 0 Å². The Balaban J connectivity index is 0.000000158. The van der Waals surface area contributed by atoms with E-state index in [4.69, 9.17) is 85.9 Å². The minimum absolute atomic E-state index is 0.0755. The third kappa shape index (κ3) is 16.4. The van der Waals surface area contributed by atoms with Crippen LogP contribution in [0.1, 0.15) is 53.3 Å². The van der Waals surface area contributed by atoms with Crippen LogP contribution in [0, 0.1) is 27.7 Å². The lowest BCUT2D eigenvalue weighted by Crippen LogP contribution is -2.38. The topological polar surface area (TPSA) is 328 Å². The Labute approximate surface area is 616 Å². The summed E-state index contributed by atoms with van der Waals surface area (Å²) in [5, 5.41) is 49.7. The molecule has 4 aromatic carbocycles. The number of amides is 8. The summed E-state index contributed by atoms with van der Waals surface area (Å²) in [7, 11) is 1.47. The molecule has 4 aliphatic rings. The number of aromatic nitrogens is 8. The number of benzene rings is 4. The number of aryl methyl sites for hydroxylation is 4. The van der Waals surface area contributed by atoms with Gasteiger partial charge in [0.25, 0.3) is 29.5 Å².